The van der Waals surface area contributed by atoms with Crippen molar-refractivity contribution in [2.24, 2.45) is 5.41 Å². The van der Waals surface area contributed by atoms with Crippen LogP contribution in [0.2, 0.25) is 0 Å². The summed E-state index contributed by atoms with van der Waals surface area (Å²) in [6.07, 6.45) is 4.47. The zero-order valence-corrected chi connectivity index (χ0v) is 7.65. The molecule has 2 aliphatic heterocycles. The molecule has 1 atom stereocenters. The average Bonchev–Trinajstić information content (AvgIpc) is 2.31. The van der Waals surface area contributed by atoms with Crippen LogP contribution < -0.4 is 0 Å². The Kier molecular flexibility index (Phi) is 1.62. The lowest BCUT2D eigenvalue weighted by atomic mass is 9.90. The highest BCUT2D eigenvalue weighted by Gasteiger charge is 2.28. The summed E-state index contributed by atoms with van der Waals surface area (Å²) in [5.74, 6) is 0. The maximum Gasteiger partial charge on any atom is 0.132 e. The third-order valence-electron chi connectivity index (χ3n) is 1.90. The van der Waals surface area contributed by atoms with Crippen LogP contribution in [0.1, 0.15) is 13.8 Å². The molecule has 0 bridgehead atoms. The van der Waals surface area contributed by atoms with Gasteiger partial charge in [0.1, 0.15) is 5.44 Å². The molecule has 0 amide bonds. The molecule has 60 valence electrons. The van der Waals surface area contributed by atoms with Crippen LogP contribution in [-0.2, 0) is 4.74 Å². The molecule has 2 rings (SSSR count). The van der Waals surface area contributed by atoms with Gasteiger partial charge in [-0.1, -0.05) is 31.7 Å². The second-order valence-corrected chi connectivity index (χ2v) is 4.69. The van der Waals surface area contributed by atoms with Crippen LogP contribution in [0.4, 0.5) is 0 Å². The van der Waals surface area contributed by atoms with Gasteiger partial charge in [0, 0.05) is 5.41 Å². The maximum absolute atomic E-state index is 5.65. The first-order chi connectivity index (χ1) is 5.17. The van der Waals surface area contributed by atoms with E-state index in [1.165, 1.54) is 5.57 Å². The third kappa shape index (κ3) is 1.37. The lowest BCUT2D eigenvalue weighted by molar-refractivity contribution is 0.0694. The molecule has 2 heteroatoms. The molecule has 0 fully saturated rings. The lowest BCUT2D eigenvalue weighted by Crippen LogP contribution is -2.26. The van der Waals surface area contributed by atoms with Crippen molar-refractivity contribution in [2.45, 2.75) is 19.3 Å². The van der Waals surface area contributed by atoms with Crippen molar-refractivity contribution in [3.05, 3.63) is 23.1 Å². The summed E-state index contributed by atoms with van der Waals surface area (Å²) in [7, 11) is 0. The number of hydrogen-bond acceptors (Lipinski definition) is 2. The summed E-state index contributed by atoms with van der Waals surface area (Å²) in [6, 6.07) is 0. The van der Waals surface area contributed by atoms with Gasteiger partial charge < -0.3 is 4.74 Å². The molecule has 0 saturated carbocycles. The van der Waals surface area contributed by atoms with Gasteiger partial charge in [-0.3, -0.25) is 0 Å². The molecule has 0 aromatic rings. The van der Waals surface area contributed by atoms with Crippen molar-refractivity contribution in [3.8, 4) is 0 Å². The van der Waals surface area contributed by atoms with E-state index in [0.29, 0.717) is 5.44 Å². The Morgan fingerprint density at radius 2 is 2.45 bits per heavy atom. The van der Waals surface area contributed by atoms with Gasteiger partial charge in [0.25, 0.3) is 0 Å². The first-order valence-corrected chi connectivity index (χ1v) is 4.78. The SMILES string of the molecule is CC1(C)C=C2C=CSC2OC1. The lowest BCUT2D eigenvalue weighted by Gasteiger charge is -2.29. The summed E-state index contributed by atoms with van der Waals surface area (Å²) in [4.78, 5) is 0. The highest BCUT2D eigenvalue weighted by atomic mass is 32.2. The fourth-order valence-electron chi connectivity index (χ4n) is 1.38. The topological polar surface area (TPSA) is 9.23 Å². The van der Waals surface area contributed by atoms with E-state index in [4.69, 9.17) is 4.74 Å². The molecule has 0 spiro atoms. The molecule has 2 heterocycles. The Bertz CT molecular complexity index is 228. The Morgan fingerprint density at radius 1 is 1.64 bits per heavy atom. The van der Waals surface area contributed by atoms with Crippen LogP contribution in [-0.4, -0.2) is 12.0 Å². The quantitative estimate of drug-likeness (QED) is 0.549. The normalized spacial score (nSPS) is 33.3. The summed E-state index contributed by atoms with van der Waals surface area (Å²) >= 11 is 1.76. The number of fused-ring (bicyclic) bond motifs is 1. The van der Waals surface area contributed by atoms with Crippen LogP contribution in [0.5, 0.6) is 0 Å². The Morgan fingerprint density at radius 3 is 3.27 bits per heavy atom. The van der Waals surface area contributed by atoms with Gasteiger partial charge in [0.05, 0.1) is 6.61 Å². The maximum atomic E-state index is 5.65. The van der Waals surface area contributed by atoms with Gasteiger partial charge >= 0.3 is 0 Å². The van der Waals surface area contributed by atoms with Gasteiger partial charge in [0.2, 0.25) is 0 Å². The van der Waals surface area contributed by atoms with E-state index in [9.17, 15) is 0 Å². The van der Waals surface area contributed by atoms with E-state index in [2.05, 4.69) is 31.4 Å². The van der Waals surface area contributed by atoms with Crippen LogP contribution in [0, 0.1) is 5.41 Å². The largest absolute Gasteiger partial charge is 0.362 e. The van der Waals surface area contributed by atoms with Crippen molar-refractivity contribution in [1.29, 1.82) is 0 Å². The number of ether oxygens (including phenoxy) is 1. The van der Waals surface area contributed by atoms with Crippen LogP contribution in [0.15, 0.2) is 23.1 Å². The number of hydrogen-bond donors (Lipinski definition) is 0. The van der Waals surface area contributed by atoms with Gasteiger partial charge in [-0.2, -0.15) is 0 Å². The fraction of sp³-hybridized carbons (Fsp3) is 0.556. The van der Waals surface area contributed by atoms with Gasteiger partial charge in [-0.25, -0.2) is 0 Å². The molecule has 0 N–H and O–H groups in total. The predicted molar refractivity (Wildman–Crippen MR) is 48.3 cm³/mol. The Hall–Kier alpha value is -0.210. The molecular formula is C9H12OS. The summed E-state index contributed by atoms with van der Waals surface area (Å²) in [5.41, 5.74) is 1.86. The zero-order valence-electron chi connectivity index (χ0n) is 6.83. The van der Waals surface area contributed by atoms with E-state index in [1.807, 2.05) is 0 Å². The van der Waals surface area contributed by atoms with Gasteiger partial charge in [-0.15, -0.1) is 0 Å². The molecule has 0 saturated heterocycles. The molecule has 0 aliphatic carbocycles. The Labute approximate surface area is 71.5 Å². The van der Waals surface area contributed by atoms with E-state index in [1.54, 1.807) is 11.8 Å². The van der Waals surface area contributed by atoms with Crippen molar-refractivity contribution in [2.75, 3.05) is 6.61 Å². The van der Waals surface area contributed by atoms with E-state index in [0.717, 1.165) is 6.61 Å². The number of thioether (sulfide) groups is 1. The van der Waals surface area contributed by atoms with Crippen LogP contribution in [0.3, 0.4) is 0 Å². The van der Waals surface area contributed by atoms with Crippen molar-refractivity contribution >= 4 is 11.8 Å². The van der Waals surface area contributed by atoms with E-state index < -0.39 is 0 Å². The predicted octanol–water partition coefficient (Wildman–Crippen LogP) is 2.56. The minimum absolute atomic E-state index is 0.223. The summed E-state index contributed by atoms with van der Waals surface area (Å²) in [6.45, 7) is 5.25. The average molecular weight is 168 g/mol. The smallest absolute Gasteiger partial charge is 0.132 e. The summed E-state index contributed by atoms with van der Waals surface area (Å²) < 4.78 is 5.65. The van der Waals surface area contributed by atoms with Crippen LogP contribution in [0.25, 0.3) is 0 Å². The van der Waals surface area contributed by atoms with Crippen LogP contribution >= 0.6 is 11.8 Å². The second-order valence-electron chi connectivity index (χ2n) is 3.71. The second kappa shape index (κ2) is 2.39. The highest BCUT2D eigenvalue weighted by molar-refractivity contribution is 8.03. The minimum atomic E-state index is 0.223. The third-order valence-corrected chi connectivity index (χ3v) is 2.85. The molecule has 1 unspecified atom stereocenters. The molecule has 11 heavy (non-hydrogen) atoms. The molecular weight excluding hydrogens is 156 g/mol. The van der Waals surface area contributed by atoms with Gasteiger partial charge in [0.15, 0.2) is 0 Å². The van der Waals surface area contributed by atoms with Crippen molar-refractivity contribution in [1.82, 2.24) is 0 Å². The molecule has 0 aromatic carbocycles. The van der Waals surface area contributed by atoms with Crippen molar-refractivity contribution in [3.63, 3.8) is 0 Å². The van der Waals surface area contributed by atoms with Gasteiger partial charge in [-0.05, 0) is 17.1 Å². The zero-order chi connectivity index (χ0) is 7.90. The van der Waals surface area contributed by atoms with Crippen molar-refractivity contribution < 1.29 is 4.74 Å². The molecule has 0 radical (unpaired) electrons. The molecule has 2 aliphatic rings. The first kappa shape index (κ1) is 7.44. The highest BCUT2D eigenvalue weighted by Crippen LogP contribution is 2.38. The first-order valence-electron chi connectivity index (χ1n) is 3.84. The monoisotopic (exact) mass is 168 g/mol. The standard InChI is InChI=1S/C9H12OS/c1-9(2)5-7-3-4-11-8(7)10-6-9/h3-5,8H,6H2,1-2H3. The molecule has 1 nitrogen and oxygen atoms in total. The minimum Gasteiger partial charge on any atom is -0.362 e. The van der Waals surface area contributed by atoms with E-state index >= 15 is 0 Å². The summed E-state index contributed by atoms with van der Waals surface area (Å²) in [5, 5.41) is 2.11. The fourth-order valence-corrected chi connectivity index (χ4v) is 2.21. The molecule has 0 aromatic heterocycles. The number of rotatable bonds is 0. The van der Waals surface area contributed by atoms with E-state index in [-0.39, 0.29) is 5.41 Å². The Balaban J connectivity index is 2.28.